The number of nitrogens with one attached hydrogen (secondary N) is 1. The monoisotopic (exact) mass is 364 g/mol. The predicted octanol–water partition coefficient (Wildman–Crippen LogP) is 3.39. The zero-order valence-electron chi connectivity index (χ0n) is 14.5. The van der Waals surface area contributed by atoms with Gasteiger partial charge in [-0.05, 0) is 30.2 Å². The van der Waals surface area contributed by atoms with Gasteiger partial charge in [0, 0.05) is 19.0 Å². The van der Waals surface area contributed by atoms with Gasteiger partial charge in [-0.2, -0.15) is 8.78 Å². The number of amides is 1. The van der Waals surface area contributed by atoms with E-state index in [0.717, 1.165) is 5.56 Å². The number of carbonyl (C=O) groups is 1. The number of hydrogen-bond donors (Lipinski definition) is 2. The highest BCUT2D eigenvalue weighted by atomic mass is 19.3. The summed E-state index contributed by atoms with van der Waals surface area (Å²) < 4.78 is 34.6. The summed E-state index contributed by atoms with van der Waals surface area (Å²) in [7, 11) is 0. The van der Waals surface area contributed by atoms with Crippen LogP contribution in [0.5, 0.6) is 11.5 Å². The maximum atomic E-state index is 12.4. The summed E-state index contributed by atoms with van der Waals surface area (Å²) in [6.07, 6.45) is 0.148. The molecule has 2 aromatic carbocycles. The van der Waals surface area contributed by atoms with Gasteiger partial charge < -0.3 is 20.5 Å². The summed E-state index contributed by atoms with van der Waals surface area (Å²) in [5.74, 6) is -0.0317. The Labute approximate surface area is 151 Å². The van der Waals surface area contributed by atoms with Gasteiger partial charge in [0.1, 0.15) is 0 Å². The number of benzene rings is 2. The van der Waals surface area contributed by atoms with Crippen molar-refractivity contribution in [1.82, 2.24) is 5.32 Å². The van der Waals surface area contributed by atoms with Crippen LogP contribution in [-0.2, 0) is 11.3 Å². The van der Waals surface area contributed by atoms with E-state index in [-0.39, 0.29) is 30.4 Å². The molecule has 2 aromatic rings. The molecule has 0 spiro atoms. The minimum Gasteiger partial charge on any atom is -0.490 e. The third kappa shape index (κ3) is 6.00. The Morgan fingerprint density at radius 1 is 1.15 bits per heavy atom. The van der Waals surface area contributed by atoms with Crippen LogP contribution in [0.25, 0.3) is 0 Å². The second-order valence-corrected chi connectivity index (χ2v) is 5.59. The van der Waals surface area contributed by atoms with Crippen molar-refractivity contribution in [1.29, 1.82) is 0 Å². The van der Waals surface area contributed by atoms with Crippen LogP contribution in [0.2, 0.25) is 0 Å². The highest BCUT2D eigenvalue weighted by Crippen LogP contribution is 2.29. The summed E-state index contributed by atoms with van der Waals surface area (Å²) >= 11 is 0. The van der Waals surface area contributed by atoms with E-state index in [1.165, 1.54) is 6.07 Å². The van der Waals surface area contributed by atoms with Crippen LogP contribution in [-0.4, -0.2) is 19.1 Å². The summed E-state index contributed by atoms with van der Waals surface area (Å²) in [4.78, 5) is 12.1. The third-order valence-electron chi connectivity index (χ3n) is 3.65. The van der Waals surface area contributed by atoms with Gasteiger partial charge in [0.2, 0.25) is 5.91 Å². The van der Waals surface area contributed by atoms with Gasteiger partial charge in [-0.15, -0.1) is 0 Å². The molecule has 0 fully saturated rings. The quantitative estimate of drug-likeness (QED) is 0.715. The highest BCUT2D eigenvalue weighted by Gasteiger charge is 2.13. The summed E-state index contributed by atoms with van der Waals surface area (Å²) in [5.41, 5.74) is 7.62. The van der Waals surface area contributed by atoms with Gasteiger partial charge in [-0.3, -0.25) is 4.79 Å². The maximum Gasteiger partial charge on any atom is 0.387 e. The van der Waals surface area contributed by atoms with E-state index in [2.05, 4.69) is 10.1 Å². The molecule has 26 heavy (non-hydrogen) atoms. The zero-order valence-corrected chi connectivity index (χ0v) is 14.5. The van der Waals surface area contributed by atoms with E-state index in [1.54, 1.807) is 19.1 Å². The standard InChI is InChI=1S/C19H22F2N2O3/c1-2-25-17-10-13(8-9-16(17)26-19(20)21)12-23-18(24)11-15(22)14-6-4-3-5-7-14/h3-10,15,19H,2,11-12,22H2,1H3,(H,23,24). The Morgan fingerprint density at radius 3 is 2.54 bits per heavy atom. The molecule has 2 rings (SSSR count). The Hall–Kier alpha value is -2.67. The lowest BCUT2D eigenvalue weighted by Gasteiger charge is -2.14. The molecule has 0 aromatic heterocycles. The number of carbonyl (C=O) groups excluding carboxylic acids is 1. The van der Waals surface area contributed by atoms with Crippen LogP contribution < -0.4 is 20.5 Å². The van der Waals surface area contributed by atoms with Crippen molar-refractivity contribution >= 4 is 5.91 Å². The Balaban J connectivity index is 1.93. The second kappa shape index (κ2) is 9.72. The van der Waals surface area contributed by atoms with E-state index in [0.29, 0.717) is 12.2 Å². The van der Waals surface area contributed by atoms with Gasteiger partial charge in [0.05, 0.1) is 6.61 Å². The third-order valence-corrected chi connectivity index (χ3v) is 3.65. The Bertz CT molecular complexity index is 711. The Morgan fingerprint density at radius 2 is 1.88 bits per heavy atom. The van der Waals surface area contributed by atoms with E-state index in [9.17, 15) is 13.6 Å². The van der Waals surface area contributed by atoms with Crippen LogP contribution in [0, 0.1) is 0 Å². The van der Waals surface area contributed by atoms with E-state index >= 15 is 0 Å². The van der Waals surface area contributed by atoms with Crippen molar-refractivity contribution in [3.05, 3.63) is 59.7 Å². The maximum absolute atomic E-state index is 12.4. The number of hydrogen-bond acceptors (Lipinski definition) is 4. The molecule has 5 nitrogen and oxygen atoms in total. The van der Waals surface area contributed by atoms with Gasteiger partial charge in [-0.25, -0.2) is 0 Å². The number of rotatable bonds is 9. The Kier molecular flexibility index (Phi) is 7.35. The first-order valence-electron chi connectivity index (χ1n) is 8.27. The average Bonchev–Trinajstić information content (AvgIpc) is 2.62. The first-order valence-corrected chi connectivity index (χ1v) is 8.27. The fraction of sp³-hybridized carbons (Fsp3) is 0.316. The molecule has 0 saturated carbocycles. The number of alkyl halides is 2. The normalized spacial score (nSPS) is 11.9. The largest absolute Gasteiger partial charge is 0.490 e. The van der Waals surface area contributed by atoms with Crippen molar-refractivity contribution in [2.24, 2.45) is 5.73 Å². The van der Waals surface area contributed by atoms with Crippen molar-refractivity contribution in [3.8, 4) is 11.5 Å². The fourth-order valence-electron chi connectivity index (χ4n) is 2.41. The molecule has 7 heteroatoms. The van der Waals surface area contributed by atoms with Gasteiger partial charge >= 0.3 is 6.61 Å². The predicted molar refractivity (Wildman–Crippen MR) is 94.1 cm³/mol. The minimum absolute atomic E-state index is 0.0389. The molecule has 0 aliphatic carbocycles. The molecular formula is C19H22F2N2O3. The van der Waals surface area contributed by atoms with E-state index in [1.807, 2.05) is 30.3 Å². The van der Waals surface area contributed by atoms with E-state index < -0.39 is 12.7 Å². The minimum atomic E-state index is -2.93. The lowest BCUT2D eigenvalue weighted by atomic mass is 10.0. The topological polar surface area (TPSA) is 73.6 Å². The molecule has 140 valence electrons. The summed E-state index contributed by atoms with van der Waals surface area (Å²) in [5, 5.41) is 2.77. The molecule has 3 N–H and O–H groups in total. The molecule has 0 bridgehead atoms. The molecule has 0 aliphatic heterocycles. The smallest absolute Gasteiger partial charge is 0.387 e. The summed E-state index contributed by atoms with van der Waals surface area (Å²) in [6.45, 7) is -0.651. The van der Waals surface area contributed by atoms with Crippen molar-refractivity contribution < 1.29 is 23.0 Å². The summed E-state index contributed by atoms with van der Waals surface area (Å²) in [6, 6.07) is 13.5. The van der Waals surface area contributed by atoms with Crippen LogP contribution in [0.3, 0.4) is 0 Å². The first-order chi connectivity index (χ1) is 12.5. The number of halogens is 2. The molecule has 1 amide bonds. The highest BCUT2D eigenvalue weighted by molar-refractivity contribution is 5.76. The number of ether oxygens (including phenoxy) is 2. The van der Waals surface area contributed by atoms with Crippen LogP contribution in [0.15, 0.2) is 48.5 Å². The lowest BCUT2D eigenvalue weighted by molar-refractivity contribution is -0.121. The average molecular weight is 364 g/mol. The molecule has 1 atom stereocenters. The fourth-order valence-corrected chi connectivity index (χ4v) is 2.41. The second-order valence-electron chi connectivity index (χ2n) is 5.59. The van der Waals surface area contributed by atoms with Gasteiger partial charge in [0.25, 0.3) is 0 Å². The molecule has 0 radical (unpaired) electrons. The van der Waals surface area contributed by atoms with E-state index in [4.69, 9.17) is 10.5 Å². The lowest BCUT2D eigenvalue weighted by Crippen LogP contribution is -2.27. The van der Waals surface area contributed by atoms with Crippen molar-refractivity contribution in [2.45, 2.75) is 32.5 Å². The van der Waals surface area contributed by atoms with Crippen molar-refractivity contribution in [3.63, 3.8) is 0 Å². The zero-order chi connectivity index (χ0) is 18.9. The van der Waals surface area contributed by atoms with Crippen LogP contribution >= 0.6 is 0 Å². The first kappa shape index (κ1) is 19.7. The number of nitrogens with two attached hydrogens (primary N) is 1. The molecule has 0 heterocycles. The molecule has 0 aliphatic rings. The molecule has 0 saturated heterocycles. The van der Waals surface area contributed by atoms with Crippen LogP contribution in [0.1, 0.15) is 30.5 Å². The van der Waals surface area contributed by atoms with Crippen molar-refractivity contribution in [2.75, 3.05) is 6.61 Å². The SMILES string of the molecule is CCOc1cc(CNC(=O)CC(N)c2ccccc2)ccc1OC(F)F. The molecular weight excluding hydrogens is 342 g/mol. The van der Waals surface area contributed by atoms with Gasteiger partial charge in [-0.1, -0.05) is 36.4 Å². The van der Waals surface area contributed by atoms with Crippen LogP contribution in [0.4, 0.5) is 8.78 Å². The molecule has 1 unspecified atom stereocenters. The van der Waals surface area contributed by atoms with Gasteiger partial charge in [0.15, 0.2) is 11.5 Å².